The van der Waals surface area contributed by atoms with Crippen LogP contribution in [0.1, 0.15) is 19.8 Å². The number of rotatable bonds is 4. The van der Waals surface area contributed by atoms with Crippen molar-refractivity contribution in [1.82, 2.24) is 4.90 Å². The van der Waals surface area contributed by atoms with Crippen LogP contribution in [0.4, 0.5) is 0 Å². The molecule has 0 aliphatic carbocycles. The number of unbranched alkanes of at least 4 members (excludes halogenated alkanes) is 1. The monoisotopic (exact) mass is 315 g/mol. The minimum atomic E-state index is -0.422. The molecule has 1 aliphatic heterocycles. The Morgan fingerprint density at radius 1 is 1.20 bits per heavy atom. The van der Waals surface area contributed by atoms with Gasteiger partial charge in [0, 0.05) is 31.8 Å². The summed E-state index contributed by atoms with van der Waals surface area (Å²) in [5, 5.41) is 1.05. The maximum absolute atomic E-state index is 6.22. The topological polar surface area (TPSA) is 21.7 Å². The highest BCUT2D eigenvalue weighted by molar-refractivity contribution is 6.66. The number of hydrogen-bond donors (Lipinski definition) is 0. The number of halogens is 2. The van der Waals surface area contributed by atoms with Crippen LogP contribution < -0.4 is 5.46 Å². The Morgan fingerprint density at radius 3 is 2.55 bits per heavy atom. The summed E-state index contributed by atoms with van der Waals surface area (Å²) in [4.78, 5) is 2.37. The fraction of sp³-hybridized carbons (Fsp3) is 0.571. The molecular weight excluding hydrogens is 296 g/mol. The average Bonchev–Trinajstić information content (AvgIpc) is 2.41. The van der Waals surface area contributed by atoms with Crippen molar-refractivity contribution in [3.05, 3.63) is 28.2 Å². The van der Waals surface area contributed by atoms with Crippen LogP contribution >= 0.6 is 23.2 Å². The lowest BCUT2D eigenvalue weighted by molar-refractivity contribution is 0.116. The van der Waals surface area contributed by atoms with Crippen LogP contribution in [0.3, 0.4) is 0 Å². The van der Waals surface area contributed by atoms with Crippen molar-refractivity contribution in [3.63, 3.8) is 0 Å². The molecule has 1 saturated heterocycles. The van der Waals surface area contributed by atoms with E-state index in [2.05, 4.69) is 11.8 Å². The zero-order valence-corrected chi connectivity index (χ0v) is 13.3. The van der Waals surface area contributed by atoms with Gasteiger partial charge in [0.1, 0.15) is 0 Å². The predicted molar refractivity (Wildman–Crippen MR) is 85.1 cm³/mol. The van der Waals surface area contributed by atoms with Crippen molar-refractivity contribution in [1.29, 1.82) is 0 Å². The van der Waals surface area contributed by atoms with Gasteiger partial charge in [0.2, 0.25) is 0 Å². The zero-order valence-electron chi connectivity index (χ0n) is 11.8. The van der Waals surface area contributed by atoms with E-state index in [0.717, 1.165) is 25.1 Å². The molecule has 0 radical (unpaired) electrons. The Hall–Kier alpha value is -0.255. The van der Waals surface area contributed by atoms with Crippen LogP contribution in [0.15, 0.2) is 18.2 Å². The summed E-state index contributed by atoms with van der Waals surface area (Å²) in [5.41, 5.74) is 0.807. The van der Waals surface area contributed by atoms with Gasteiger partial charge in [0.15, 0.2) is 0 Å². The smallest absolute Gasteiger partial charge is 0.406 e. The summed E-state index contributed by atoms with van der Waals surface area (Å²) in [6.07, 6.45) is 2.42. The third-order valence-electron chi connectivity index (χ3n) is 3.42. The van der Waals surface area contributed by atoms with Crippen LogP contribution in [0.5, 0.6) is 0 Å². The predicted octanol–water partition coefficient (Wildman–Crippen LogP) is 2.84. The van der Waals surface area contributed by atoms with Gasteiger partial charge < -0.3 is 9.31 Å². The molecule has 110 valence electrons. The lowest BCUT2D eigenvalue weighted by Crippen LogP contribution is -2.45. The Kier molecular flexibility index (Phi) is 6.65. The van der Waals surface area contributed by atoms with Crippen molar-refractivity contribution in [2.24, 2.45) is 0 Å². The van der Waals surface area contributed by atoms with Gasteiger partial charge in [0.05, 0.1) is 10.0 Å². The van der Waals surface area contributed by atoms with Crippen LogP contribution in [0, 0.1) is 0 Å². The van der Waals surface area contributed by atoms with Gasteiger partial charge in [-0.25, -0.2) is 0 Å². The molecule has 0 saturated carbocycles. The highest BCUT2D eigenvalue weighted by Gasteiger charge is 2.27. The van der Waals surface area contributed by atoms with E-state index in [1.807, 2.05) is 12.1 Å². The fourth-order valence-electron chi connectivity index (χ4n) is 2.23. The van der Waals surface area contributed by atoms with Crippen LogP contribution in [-0.2, 0) is 9.31 Å². The molecule has 1 heterocycles. The molecule has 0 unspecified atom stereocenters. The molecule has 3 nitrogen and oxygen atoms in total. The molecule has 0 N–H and O–H groups in total. The lowest BCUT2D eigenvalue weighted by atomic mass is 9.78. The van der Waals surface area contributed by atoms with Crippen molar-refractivity contribution in [2.45, 2.75) is 19.8 Å². The summed E-state index contributed by atoms with van der Waals surface area (Å²) >= 11 is 12.3. The first kappa shape index (κ1) is 16.1. The molecule has 6 heteroatoms. The van der Waals surface area contributed by atoms with E-state index < -0.39 is 7.12 Å². The second kappa shape index (κ2) is 8.25. The quantitative estimate of drug-likeness (QED) is 0.798. The Bertz CT molecular complexity index is 424. The first-order chi connectivity index (χ1) is 9.72. The van der Waals surface area contributed by atoms with Gasteiger partial charge in [-0.1, -0.05) is 48.7 Å². The normalized spacial score (nSPS) is 17.9. The molecule has 0 amide bonds. The van der Waals surface area contributed by atoms with E-state index in [1.54, 1.807) is 6.07 Å². The van der Waals surface area contributed by atoms with Crippen LogP contribution in [0.2, 0.25) is 10.0 Å². The lowest BCUT2D eigenvalue weighted by Gasteiger charge is -2.27. The highest BCUT2D eigenvalue weighted by Crippen LogP contribution is 2.20. The molecular formula is C14H20BCl2NO2. The van der Waals surface area contributed by atoms with Crippen molar-refractivity contribution >= 4 is 35.8 Å². The van der Waals surface area contributed by atoms with Crippen molar-refractivity contribution in [3.8, 4) is 0 Å². The largest absolute Gasteiger partial charge is 0.495 e. The van der Waals surface area contributed by atoms with E-state index in [9.17, 15) is 0 Å². The minimum absolute atomic E-state index is 0.422. The number of benzene rings is 1. The summed E-state index contributed by atoms with van der Waals surface area (Å²) in [7, 11) is -0.422. The van der Waals surface area contributed by atoms with E-state index in [1.165, 1.54) is 12.8 Å². The van der Waals surface area contributed by atoms with Gasteiger partial charge in [-0.05, 0) is 19.0 Å². The second-order valence-electron chi connectivity index (χ2n) is 4.91. The molecule has 1 fully saturated rings. The van der Waals surface area contributed by atoms with Gasteiger partial charge >= 0.3 is 7.12 Å². The van der Waals surface area contributed by atoms with Crippen molar-refractivity contribution in [2.75, 3.05) is 32.8 Å². The first-order valence-corrected chi connectivity index (χ1v) is 7.87. The summed E-state index contributed by atoms with van der Waals surface area (Å²) in [6.45, 7) is 6.44. The summed E-state index contributed by atoms with van der Waals surface area (Å²) < 4.78 is 11.6. The van der Waals surface area contributed by atoms with Gasteiger partial charge in [-0.3, -0.25) is 4.90 Å². The average molecular weight is 316 g/mol. The summed E-state index contributed by atoms with van der Waals surface area (Å²) in [5.74, 6) is 0. The van der Waals surface area contributed by atoms with Gasteiger partial charge in [-0.2, -0.15) is 0 Å². The Balaban J connectivity index is 1.95. The zero-order chi connectivity index (χ0) is 14.4. The van der Waals surface area contributed by atoms with E-state index >= 15 is 0 Å². The highest BCUT2D eigenvalue weighted by atomic mass is 35.5. The molecule has 0 atom stereocenters. The Labute approximate surface area is 131 Å². The van der Waals surface area contributed by atoms with Crippen LogP contribution in [-0.4, -0.2) is 44.9 Å². The molecule has 0 aromatic heterocycles. The maximum Gasteiger partial charge on any atom is 0.495 e. The standard InChI is InChI=1S/C14H20BCl2NO2/c1-2-3-7-18-8-10-19-15(20-11-9-18)12-5-4-6-13(16)14(12)17/h4-6H,2-3,7-11H2,1H3. The van der Waals surface area contributed by atoms with Crippen LogP contribution in [0.25, 0.3) is 0 Å². The van der Waals surface area contributed by atoms with E-state index in [4.69, 9.17) is 32.5 Å². The molecule has 2 rings (SSSR count). The molecule has 0 spiro atoms. The van der Waals surface area contributed by atoms with E-state index in [-0.39, 0.29) is 0 Å². The summed E-state index contributed by atoms with van der Waals surface area (Å²) in [6, 6.07) is 5.53. The fourth-order valence-corrected chi connectivity index (χ4v) is 2.62. The second-order valence-corrected chi connectivity index (χ2v) is 5.70. The Morgan fingerprint density at radius 2 is 1.90 bits per heavy atom. The van der Waals surface area contributed by atoms with Gasteiger partial charge in [-0.15, -0.1) is 0 Å². The first-order valence-electron chi connectivity index (χ1n) is 7.12. The molecule has 0 bridgehead atoms. The molecule has 1 aliphatic rings. The number of hydrogen-bond acceptors (Lipinski definition) is 3. The van der Waals surface area contributed by atoms with Crippen molar-refractivity contribution < 1.29 is 9.31 Å². The third-order valence-corrected chi connectivity index (χ3v) is 4.25. The minimum Gasteiger partial charge on any atom is -0.406 e. The SMILES string of the molecule is CCCCN1CCOB(c2cccc(Cl)c2Cl)OCC1. The molecule has 20 heavy (non-hydrogen) atoms. The number of nitrogens with zero attached hydrogens (tertiary/aromatic N) is 1. The van der Waals surface area contributed by atoms with Gasteiger partial charge in [0.25, 0.3) is 0 Å². The maximum atomic E-state index is 6.22. The molecule has 1 aromatic carbocycles. The molecule has 1 aromatic rings. The van der Waals surface area contributed by atoms with E-state index in [0.29, 0.717) is 23.3 Å². The third kappa shape index (κ3) is 4.37.